The molecular weight excluding hydrogens is 262 g/mol. The Morgan fingerprint density at radius 2 is 1.95 bits per heavy atom. The van der Waals surface area contributed by atoms with Crippen LogP contribution in [0.5, 0.6) is 0 Å². The molecule has 1 amide bonds. The van der Waals surface area contributed by atoms with Crippen LogP contribution in [0.2, 0.25) is 0 Å². The lowest BCUT2D eigenvalue weighted by atomic mass is 10.1. The van der Waals surface area contributed by atoms with Gasteiger partial charge in [0.2, 0.25) is 5.91 Å². The molecule has 1 N–H and O–H groups in total. The number of aromatic nitrogens is 2. The van der Waals surface area contributed by atoms with Crippen LogP contribution in [-0.2, 0) is 11.3 Å². The van der Waals surface area contributed by atoms with Crippen molar-refractivity contribution in [1.82, 2.24) is 9.78 Å². The van der Waals surface area contributed by atoms with Gasteiger partial charge in [0, 0.05) is 11.4 Å². The van der Waals surface area contributed by atoms with Crippen molar-refractivity contribution < 1.29 is 4.79 Å². The summed E-state index contributed by atoms with van der Waals surface area (Å²) in [6.45, 7) is 10.5. The number of anilines is 1. The van der Waals surface area contributed by atoms with Gasteiger partial charge in [0.25, 0.3) is 0 Å². The van der Waals surface area contributed by atoms with Gasteiger partial charge in [-0.3, -0.25) is 9.48 Å². The standard InChI is InChI=1S/C17H23N3O/c1-11-6-7-16(12(2)8-11)18-17(21)13(3)10-20-15(5)9-14(4)19-20/h6-9,13H,10H2,1-5H3,(H,18,21)/t13-/m1/s1. The lowest BCUT2D eigenvalue weighted by molar-refractivity contribution is -0.119. The Hall–Kier alpha value is -2.10. The van der Waals surface area contributed by atoms with E-state index in [0.717, 1.165) is 22.6 Å². The Morgan fingerprint density at radius 3 is 2.52 bits per heavy atom. The first-order valence-electron chi connectivity index (χ1n) is 7.26. The Balaban J connectivity index is 2.04. The highest BCUT2D eigenvalue weighted by atomic mass is 16.1. The highest BCUT2D eigenvalue weighted by Gasteiger charge is 2.16. The average Bonchev–Trinajstić information content (AvgIpc) is 2.71. The van der Waals surface area contributed by atoms with E-state index in [-0.39, 0.29) is 11.8 Å². The lowest BCUT2D eigenvalue weighted by Gasteiger charge is -2.15. The first-order chi connectivity index (χ1) is 9.86. The third kappa shape index (κ3) is 3.72. The second kappa shape index (κ2) is 6.12. The molecule has 1 heterocycles. The van der Waals surface area contributed by atoms with Crippen molar-refractivity contribution in [3.63, 3.8) is 0 Å². The average molecular weight is 285 g/mol. The summed E-state index contributed by atoms with van der Waals surface area (Å²) in [5, 5.41) is 7.41. The van der Waals surface area contributed by atoms with Crippen LogP contribution in [0, 0.1) is 33.6 Å². The minimum Gasteiger partial charge on any atom is -0.326 e. The number of carbonyl (C=O) groups excluding carboxylic acids is 1. The Morgan fingerprint density at radius 1 is 1.24 bits per heavy atom. The zero-order valence-electron chi connectivity index (χ0n) is 13.4. The Kier molecular flexibility index (Phi) is 4.46. The fourth-order valence-electron chi connectivity index (χ4n) is 2.41. The van der Waals surface area contributed by atoms with E-state index in [9.17, 15) is 4.79 Å². The number of carbonyl (C=O) groups is 1. The quantitative estimate of drug-likeness (QED) is 0.936. The van der Waals surface area contributed by atoms with Crippen molar-refractivity contribution in [2.45, 2.75) is 41.2 Å². The molecule has 0 unspecified atom stereocenters. The smallest absolute Gasteiger partial charge is 0.229 e. The maximum atomic E-state index is 12.3. The molecule has 0 fully saturated rings. The minimum absolute atomic E-state index is 0.0227. The number of nitrogens with zero attached hydrogens (tertiary/aromatic N) is 2. The molecule has 112 valence electrons. The second-order valence-corrected chi connectivity index (χ2v) is 5.82. The maximum Gasteiger partial charge on any atom is 0.229 e. The van der Waals surface area contributed by atoms with Crippen LogP contribution < -0.4 is 5.32 Å². The largest absolute Gasteiger partial charge is 0.326 e. The van der Waals surface area contributed by atoms with E-state index in [2.05, 4.69) is 16.5 Å². The number of benzene rings is 1. The fourth-order valence-corrected chi connectivity index (χ4v) is 2.41. The fraction of sp³-hybridized carbons (Fsp3) is 0.412. The zero-order valence-corrected chi connectivity index (χ0v) is 13.4. The molecule has 0 radical (unpaired) electrons. The molecule has 4 heteroatoms. The van der Waals surface area contributed by atoms with Crippen molar-refractivity contribution in [1.29, 1.82) is 0 Å². The highest BCUT2D eigenvalue weighted by Crippen LogP contribution is 2.17. The first-order valence-corrected chi connectivity index (χ1v) is 7.26. The summed E-state index contributed by atoms with van der Waals surface area (Å²) in [4.78, 5) is 12.3. The minimum atomic E-state index is -0.135. The summed E-state index contributed by atoms with van der Waals surface area (Å²) in [6.07, 6.45) is 0. The van der Waals surface area contributed by atoms with Crippen LogP contribution >= 0.6 is 0 Å². The molecule has 0 aliphatic carbocycles. The molecule has 1 aromatic heterocycles. The van der Waals surface area contributed by atoms with Crippen LogP contribution in [0.4, 0.5) is 5.69 Å². The Bertz CT molecular complexity index is 658. The number of hydrogen-bond donors (Lipinski definition) is 1. The predicted molar refractivity (Wildman–Crippen MR) is 85.4 cm³/mol. The molecule has 4 nitrogen and oxygen atoms in total. The van der Waals surface area contributed by atoms with Crippen molar-refractivity contribution >= 4 is 11.6 Å². The van der Waals surface area contributed by atoms with Gasteiger partial charge in [-0.25, -0.2) is 0 Å². The van der Waals surface area contributed by atoms with Gasteiger partial charge in [-0.2, -0.15) is 5.10 Å². The molecule has 0 saturated carbocycles. The van der Waals surface area contributed by atoms with E-state index in [0.29, 0.717) is 6.54 Å². The maximum absolute atomic E-state index is 12.3. The van der Waals surface area contributed by atoms with E-state index in [1.807, 2.05) is 57.5 Å². The van der Waals surface area contributed by atoms with Crippen molar-refractivity contribution in [3.8, 4) is 0 Å². The number of amides is 1. The van der Waals surface area contributed by atoms with Crippen LogP contribution in [0.3, 0.4) is 0 Å². The van der Waals surface area contributed by atoms with Gasteiger partial charge in [0.15, 0.2) is 0 Å². The summed E-state index contributed by atoms with van der Waals surface area (Å²) >= 11 is 0. The summed E-state index contributed by atoms with van der Waals surface area (Å²) < 4.78 is 1.89. The van der Waals surface area contributed by atoms with Crippen molar-refractivity contribution in [3.05, 3.63) is 46.8 Å². The van der Waals surface area contributed by atoms with E-state index in [1.54, 1.807) is 0 Å². The summed E-state index contributed by atoms with van der Waals surface area (Å²) in [5.41, 5.74) is 5.22. The van der Waals surface area contributed by atoms with Gasteiger partial charge in [-0.15, -0.1) is 0 Å². The molecule has 0 aliphatic rings. The summed E-state index contributed by atoms with van der Waals surface area (Å²) in [6, 6.07) is 8.06. The summed E-state index contributed by atoms with van der Waals surface area (Å²) in [7, 11) is 0. The predicted octanol–water partition coefficient (Wildman–Crippen LogP) is 3.39. The normalized spacial score (nSPS) is 12.2. The van der Waals surface area contributed by atoms with Crippen LogP contribution in [0.1, 0.15) is 29.4 Å². The third-order valence-corrected chi connectivity index (χ3v) is 3.64. The van der Waals surface area contributed by atoms with E-state index in [4.69, 9.17) is 0 Å². The van der Waals surface area contributed by atoms with Crippen molar-refractivity contribution in [2.75, 3.05) is 5.32 Å². The van der Waals surface area contributed by atoms with E-state index in [1.165, 1.54) is 5.56 Å². The number of aryl methyl sites for hydroxylation is 4. The monoisotopic (exact) mass is 285 g/mol. The molecule has 0 bridgehead atoms. The van der Waals surface area contributed by atoms with Gasteiger partial charge in [-0.05, 0) is 45.4 Å². The van der Waals surface area contributed by atoms with Crippen LogP contribution in [0.15, 0.2) is 24.3 Å². The zero-order chi connectivity index (χ0) is 15.6. The molecule has 0 spiro atoms. The molecule has 2 rings (SSSR count). The first kappa shape index (κ1) is 15.3. The number of rotatable bonds is 4. The molecular formula is C17H23N3O. The van der Waals surface area contributed by atoms with Gasteiger partial charge in [0.1, 0.15) is 0 Å². The van der Waals surface area contributed by atoms with E-state index < -0.39 is 0 Å². The molecule has 1 aromatic carbocycles. The molecule has 0 aliphatic heterocycles. The van der Waals surface area contributed by atoms with Crippen LogP contribution in [0.25, 0.3) is 0 Å². The van der Waals surface area contributed by atoms with E-state index >= 15 is 0 Å². The van der Waals surface area contributed by atoms with Gasteiger partial charge < -0.3 is 5.32 Å². The van der Waals surface area contributed by atoms with Crippen molar-refractivity contribution in [2.24, 2.45) is 5.92 Å². The third-order valence-electron chi connectivity index (χ3n) is 3.64. The summed E-state index contributed by atoms with van der Waals surface area (Å²) in [5.74, 6) is -0.113. The molecule has 2 aromatic rings. The van der Waals surface area contributed by atoms with Gasteiger partial charge >= 0.3 is 0 Å². The SMILES string of the molecule is Cc1ccc(NC(=O)[C@H](C)Cn2nc(C)cc2C)c(C)c1. The van der Waals surface area contributed by atoms with Gasteiger partial charge in [0.05, 0.1) is 18.2 Å². The topological polar surface area (TPSA) is 46.9 Å². The molecule has 0 saturated heterocycles. The number of nitrogens with one attached hydrogen (secondary N) is 1. The number of hydrogen-bond acceptors (Lipinski definition) is 2. The second-order valence-electron chi connectivity index (χ2n) is 5.82. The molecule has 21 heavy (non-hydrogen) atoms. The molecule has 1 atom stereocenters. The van der Waals surface area contributed by atoms with Gasteiger partial charge in [-0.1, -0.05) is 24.6 Å². The Labute approximate surface area is 126 Å². The van der Waals surface area contributed by atoms with Crippen LogP contribution in [-0.4, -0.2) is 15.7 Å². The lowest BCUT2D eigenvalue weighted by Crippen LogP contribution is -2.25. The highest BCUT2D eigenvalue weighted by molar-refractivity contribution is 5.93.